The number of aliphatic hydroxyl groups is 2. The van der Waals surface area contributed by atoms with E-state index < -0.39 is 46.9 Å². The predicted molar refractivity (Wildman–Crippen MR) is 204 cm³/mol. The van der Waals surface area contributed by atoms with Gasteiger partial charge in [-0.15, -0.1) is 9.89 Å². The van der Waals surface area contributed by atoms with Gasteiger partial charge in [-0.25, -0.2) is 9.98 Å². The van der Waals surface area contributed by atoms with Gasteiger partial charge in [0.05, 0.1) is 21.2 Å². The normalized spacial score (nSPS) is 13.9. The van der Waals surface area contributed by atoms with Crippen LogP contribution in [-0.2, 0) is 20.2 Å². The van der Waals surface area contributed by atoms with E-state index >= 15 is 0 Å². The summed E-state index contributed by atoms with van der Waals surface area (Å²) in [6, 6.07) is 14.5. The van der Waals surface area contributed by atoms with E-state index in [1.165, 1.54) is 16.9 Å². The Kier molecular flexibility index (Phi) is 12.1. The second kappa shape index (κ2) is 16.3. The minimum atomic E-state index is -4.90. The van der Waals surface area contributed by atoms with E-state index in [2.05, 4.69) is 21.4 Å². The Morgan fingerprint density at radius 2 is 1.44 bits per heavy atom. The number of nitrogens with zero attached hydrogens (tertiary/aromatic N) is 6. The van der Waals surface area contributed by atoms with E-state index in [0.717, 1.165) is 55.0 Å². The lowest BCUT2D eigenvalue weighted by atomic mass is 9.87. The number of hydrogen-bond donors (Lipinski definition) is 5. The van der Waals surface area contributed by atoms with E-state index in [1.54, 1.807) is 12.1 Å². The number of carbonyl (C=O) groups excluding carboxylic acids is 1. The maximum Gasteiger partial charge on any atom is 0.294 e. The molecule has 1 aliphatic rings. The van der Waals surface area contributed by atoms with E-state index in [-0.39, 0.29) is 18.9 Å². The first-order chi connectivity index (χ1) is 25.4. The lowest BCUT2D eigenvalue weighted by molar-refractivity contribution is 0.102. The molecule has 0 unspecified atom stereocenters. The summed E-state index contributed by atoms with van der Waals surface area (Å²) < 4.78 is 65.6. The highest BCUT2D eigenvalue weighted by Gasteiger charge is 2.35. The van der Waals surface area contributed by atoms with Crippen molar-refractivity contribution < 1.29 is 40.9 Å². The van der Waals surface area contributed by atoms with Gasteiger partial charge in [0.25, 0.3) is 26.1 Å². The van der Waals surface area contributed by atoms with Crippen molar-refractivity contribution in [2.45, 2.75) is 63.2 Å². The van der Waals surface area contributed by atoms with Crippen LogP contribution >= 0.6 is 0 Å². The Labute approximate surface area is 313 Å². The molecule has 4 aromatic rings. The van der Waals surface area contributed by atoms with Crippen LogP contribution in [0.4, 0.5) is 17.1 Å². The van der Waals surface area contributed by atoms with Crippen LogP contribution in [0.1, 0.15) is 68.2 Å². The van der Waals surface area contributed by atoms with E-state index in [0.29, 0.717) is 47.5 Å². The van der Waals surface area contributed by atoms with Crippen LogP contribution in [0.5, 0.6) is 0 Å². The number of anilines is 2. The van der Waals surface area contributed by atoms with Crippen molar-refractivity contribution in [1.82, 2.24) is 14.9 Å². The zero-order valence-corrected chi connectivity index (χ0v) is 31.9. The number of amides is 1. The number of nitrogens with one attached hydrogen (secondary N) is 1. The van der Waals surface area contributed by atoms with Gasteiger partial charge in [0.2, 0.25) is 5.82 Å². The Morgan fingerprint density at radius 1 is 0.852 bits per heavy atom. The molecule has 0 saturated carbocycles. The Morgan fingerprint density at radius 3 is 1.96 bits per heavy atom. The van der Waals surface area contributed by atoms with Crippen molar-refractivity contribution in [3.63, 3.8) is 0 Å². The van der Waals surface area contributed by atoms with E-state index in [9.17, 15) is 40.9 Å². The number of aliphatic hydroxyl groups excluding tert-OH is 2. The van der Waals surface area contributed by atoms with E-state index in [4.69, 9.17) is 15.1 Å². The summed E-state index contributed by atoms with van der Waals surface area (Å²) in [6.45, 7) is 9.89. The smallest absolute Gasteiger partial charge is 0.294 e. The molecule has 1 amide bonds. The second-order valence-electron chi connectivity index (χ2n) is 13.8. The number of rotatable bonds is 15. The Hall–Kier alpha value is -4.85. The first-order valence-corrected chi connectivity index (χ1v) is 20.0. The standard InChI is InChI=1S/C36H43N7O9S2/c1-23-19-27(42(15-5-7-17-44)16-6-8-18-45)13-14-30(23)38-31-32(36(2,3)4)40-43-34(31)39-33(41-43)24-9-11-26(12-10-24)37-35(46)25-20-28(53(47,48)49)22-29(21-25)54(50,51)52/h9-14,19-22,44-45H,5-8,15-18H2,1-4H3,(H,37,46)(H,47,48,49)(H,50,51,52)/b38-31-. The predicted octanol–water partition coefficient (Wildman–Crippen LogP) is 4.74. The van der Waals surface area contributed by atoms with Gasteiger partial charge in [-0.2, -0.15) is 21.9 Å². The van der Waals surface area contributed by atoms with Gasteiger partial charge in [0.1, 0.15) is 5.71 Å². The largest absolute Gasteiger partial charge is 0.396 e. The van der Waals surface area contributed by atoms with Crippen molar-refractivity contribution >= 4 is 54.6 Å². The van der Waals surface area contributed by atoms with Crippen molar-refractivity contribution in [3.05, 3.63) is 77.6 Å². The van der Waals surface area contributed by atoms with Gasteiger partial charge in [-0.1, -0.05) is 20.8 Å². The molecule has 5 rings (SSSR count). The highest BCUT2D eigenvalue weighted by Crippen LogP contribution is 2.31. The maximum absolute atomic E-state index is 13.0. The summed E-state index contributed by atoms with van der Waals surface area (Å²) >= 11 is 0. The lowest BCUT2D eigenvalue weighted by Gasteiger charge is -2.25. The molecule has 1 aliphatic heterocycles. The summed E-state index contributed by atoms with van der Waals surface area (Å²) in [5.41, 5.74) is 3.99. The number of aromatic nitrogens is 3. The molecule has 0 fully saturated rings. The molecule has 16 nitrogen and oxygen atoms in total. The van der Waals surface area contributed by atoms with Crippen LogP contribution in [0.3, 0.4) is 0 Å². The first kappa shape index (κ1) is 40.3. The van der Waals surface area contributed by atoms with Crippen LogP contribution in [0.25, 0.3) is 11.4 Å². The molecule has 0 bridgehead atoms. The molecule has 3 aromatic carbocycles. The second-order valence-corrected chi connectivity index (χ2v) is 16.6. The summed E-state index contributed by atoms with van der Waals surface area (Å²) in [5, 5.41) is 30.4. The summed E-state index contributed by atoms with van der Waals surface area (Å²) in [7, 11) is -9.80. The topological polar surface area (TPSA) is 237 Å². The van der Waals surface area contributed by atoms with Crippen molar-refractivity contribution in [3.8, 4) is 11.4 Å². The molecule has 288 valence electrons. The Balaban J connectivity index is 1.40. The zero-order valence-electron chi connectivity index (χ0n) is 30.3. The van der Waals surface area contributed by atoms with Crippen LogP contribution in [0.15, 0.2) is 80.5 Å². The average molecular weight is 782 g/mol. The highest BCUT2D eigenvalue weighted by molar-refractivity contribution is 7.86. The van der Waals surface area contributed by atoms with Crippen molar-refractivity contribution in [2.24, 2.45) is 15.5 Å². The van der Waals surface area contributed by atoms with Crippen LogP contribution < -0.4 is 10.2 Å². The Bertz CT molecular complexity index is 2250. The molecule has 54 heavy (non-hydrogen) atoms. The molecule has 5 N–H and O–H groups in total. The highest BCUT2D eigenvalue weighted by atomic mass is 32.2. The van der Waals surface area contributed by atoms with Crippen molar-refractivity contribution in [1.29, 1.82) is 0 Å². The monoisotopic (exact) mass is 781 g/mol. The molecule has 0 spiro atoms. The number of carbonyl (C=O) groups is 1. The molecule has 0 atom stereocenters. The number of aryl methyl sites for hydroxylation is 1. The van der Waals surface area contributed by atoms with Gasteiger partial charge in [0.15, 0.2) is 5.82 Å². The molecular formula is C36H43N7O9S2. The third-order valence-corrected chi connectivity index (χ3v) is 10.2. The van der Waals surface area contributed by atoms with Gasteiger partial charge >= 0.3 is 0 Å². The fraction of sp³-hybridized carbons (Fsp3) is 0.361. The van der Waals surface area contributed by atoms with E-state index in [1.807, 2.05) is 39.8 Å². The molecule has 1 aromatic heterocycles. The van der Waals surface area contributed by atoms with Gasteiger partial charge < -0.3 is 20.4 Å². The third-order valence-electron chi connectivity index (χ3n) is 8.52. The number of hydrogen-bond acceptors (Lipinski definition) is 12. The molecular weight excluding hydrogens is 739 g/mol. The van der Waals surface area contributed by atoms with Crippen LogP contribution in [0, 0.1) is 12.3 Å². The molecule has 2 heterocycles. The SMILES string of the molecule is Cc1cc(N(CCCCO)CCCCO)ccc1/N=C1/C(C(C)(C)C)=Nn2nc(-c3ccc(NC(=O)c4cc(S(=O)(=O)O)cc(S(=O)(=O)O)c4)cc3)nc21. The molecule has 0 aliphatic carbocycles. The minimum Gasteiger partial charge on any atom is -0.396 e. The van der Waals surface area contributed by atoms with Gasteiger partial charge in [-0.05, 0) is 98.8 Å². The first-order valence-electron chi connectivity index (χ1n) is 17.1. The lowest BCUT2D eigenvalue weighted by Crippen LogP contribution is -2.27. The van der Waals surface area contributed by atoms with Crippen LogP contribution in [-0.4, -0.2) is 94.7 Å². The number of benzene rings is 3. The fourth-order valence-electron chi connectivity index (χ4n) is 5.69. The quantitative estimate of drug-likeness (QED) is 0.0813. The van der Waals surface area contributed by atoms with Gasteiger partial charge in [-0.3, -0.25) is 13.9 Å². The third kappa shape index (κ3) is 9.62. The summed E-state index contributed by atoms with van der Waals surface area (Å²) in [6.07, 6.45) is 3.10. The minimum absolute atomic E-state index is 0.136. The van der Waals surface area contributed by atoms with Crippen molar-refractivity contribution in [2.75, 3.05) is 36.5 Å². The van der Waals surface area contributed by atoms with Crippen LogP contribution in [0.2, 0.25) is 0 Å². The summed E-state index contributed by atoms with van der Waals surface area (Å²) in [5.74, 6) is -0.125. The molecule has 0 radical (unpaired) electrons. The summed E-state index contributed by atoms with van der Waals surface area (Å²) in [4.78, 5) is 24.7. The molecule has 18 heteroatoms. The van der Waals surface area contributed by atoms with Gasteiger partial charge in [0, 0.05) is 54.2 Å². The molecule has 0 saturated heterocycles. The number of aliphatic imine (C=N–C) groups is 1. The zero-order chi connectivity index (χ0) is 39.4. The maximum atomic E-state index is 13.0. The number of fused-ring (bicyclic) bond motifs is 1. The fourth-order valence-corrected chi connectivity index (χ4v) is 6.87. The number of unbranched alkanes of at least 4 members (excludes halogenated alkanes) is 2. The average Bonchev–Trinajstić information content (AvgIpc) is 3.67.